The third-order valence-electron chi connectivity index (χ3n) is 4.82. The van der Waals surface area contributed by atoms with E-state index in [2.05, 4.69) is 22.1 Å². The number of ether oxygens (including phenoxy) is 1. The first-order valence-corrected chi connectivity index (χ1v) is 10.3. The summed E-state index contributed by atoms with van der Waals surface area (Å²) < 4.78 is 7.73. The molecular weight excluding hydrogens is 382 g/mol. The number of aliphatic hydroxyl groups is 2. The van der Waals surface area contributed by atoms with Crippen molar-refractivity contribution in [2.75, 3.05) is 6.61 Å². The van der Waals surface area contributed by atoms with Crippen molar-refractivity contribution < 1.29 is 14.9 Å². The van der Waals surface area contributed by atoms with Crippen LogP contribution in [0.5, 0.6) is 0 Å². The average Bonchev–Trinajstić information content (AvgIpc) is 3.45. The molecule has 0 radical (unpaired) electrons. The Hall–Kier alpha value is -2.10. The zero-order valence-corrected chi connectivity index (χ0v) is 15.9. The molecule has 0 amide bonds. The van der Waals surface area contributed by atoms with Gasteiger partial charge in [0.05, 0.1) is 17.6 Å². The first-order valence-electron chi connectivity index (χ1n) is 8.64. The van der Waals surface area contributed by atoms with Crippen molar-refractivity contribution >= 4 is 33.7 Å². The molecule has 0 saturated carbocycles. The highest BCUT2D eigenvalue weighted by Gasteiger charge is 2.35. The molecule has 1 unspecified atom stereocenters. The summed E-state index contributed by atoms with van der Waals surface area (Å²) in [4.78, 5) is 11.2. The van der Waals surface area contributed by atoms with Crippen LogP contribution in [-0.2, 0) is 4.74 Å². The van der Waals surface area contributed by atoms with Gasteiger partial charge in [-0.2, -0.15) is 0 Å². The summed E-state index contributed by atoms with van der Waals surface area (Å²) in [6, 6.07) is 8.27. The van der Waals surface area contributed by atoms with Crippen molar-refractivity contribution in [3.8, 4) is 20.3 Å². The molecular formula is C19H17N3O3S2. The second-order valence-corrected chi connectivity index (χ2v) is 8.41. The SMILES string of the molecule is OC[C@H]1O[C@@H](n2ccc3c(-c4ccc(-c5nccs5)s4)ccnc32)CC1O. The van der Waals surface area contributed by atoms with Crippen LogP contribution in [0.2, 0.25) is 0 Å². The van der Waals surface area contributed by atoms with E-state index >= 15 is 0 Å². The summed E-state index contributed by atoms with van der Waals surface area (Å²) in [6.45, 7) is -0.190. The highest BCUT2D eigenvalue weighted by molar-refractivity contribution is 7.23. The standard InChI is InChI=1S/C19H17N3O3S2/c23-10-14-13(24)9-17(25-14)22-7-4-12-11(3-5-20-18(12)22)15-1-2-16(27-15)19-21-6-8-26-19/h1-8,13-14,17,23-24H,9-10H2/t13?,14-,17-/m1/s1. The number of nitrogens with zero attached hydrogens (tertiary/aromatic N) is 3. The minimum atomic E-state index is -0.668. The van der Waals surface area contributed by atoms with Crippen molar-refractivity contribution in [1.29, 1.82) is 0 Å². The highest BCUT2D eigenvalue weighted by Crippen LogP contribution is 2.39. The van der Waals surface area contributed by atoms with Crippen molar-refractivity contribution in [1.82, 2.24) is 14.5 Å². The molecule has 5 heterocycles. The molecule has 2 N–H and O–H groups in total. The maximum absolute atomic E-state index is 10.0. The Labute approximate surface area is 163 Å². The quantitative estimate of drug-likeness (QED) is 0.549. The fraction of sp³-hybridized carbons (Fsp3) is 0.263. The van der Waals surface area contributed by atoms with E-state index < -0.39 is 12.2 Å². The summed E-state index contributed by atoms with van der Waals surface area (Å²) in [5.74, 6) is 0. The third kappa shape index (κ3) is 2.90. The molecule has 0 bridgehead atoms. The van der Waals surface area contributed by atoms with Crippen LogP contribution in [-0.4, -0.2) is 43.6 Å². The Kier molecular flexibility index (Phi) is 4.30. The van der Waals surface area contributed by atoms with Gasteiger partial charge < -0.3 is 19.5 Å². The smallest absolute Gasteiger partial charge is 0.142 e. The molecule has 3 atom stereocenters. The number of thiophene rings is 1. The van der Waals surface area contributed by atoms with Gasteiger partial charge in [0.2, 0.25) is 0 Å². The van der Waals surface area contributed by atoms with Gasteiger partial charge in [-0.15, -0.1) is 22.7 Å². The molecule has 1 aliphatic heterocycles. The van der Waals surface area contributed by atoms with Crippen LogP contribution in [0.3, 0.4) is 0 Å². The molecule has 4 aromatic heterocycles. The van der Waals surface area contributed by atoms with E-state index in [0.29, 0.717) is 6.42 Å². The van der Waals surface area contributed by atoms with Crippen LogP contribution < -0.4 is 0 Å². The van der Waals surface area contributed by atoms with Crippen molar-refractivity contribution in [2.45, 2.75) is 24.9 Å². The minimum Gasteiger partial charge on any atom is -0.394 e. The largest absolute Gasteiger partial charge is 0.394 e. The Morgan fingerprint density at radius 3 is 2.81 bits per heavy atom. The number of rotatable bonds is 4. The van der Waals surface area contributed by atoms with Crippen LogP contribution in [0.15, 0.2) is 48.2 Å². The Morgan fingerprint density at radius 1 is 1.15 bits per heavy atom. The van der Waals surface area contributed by atoms with Crippen LogP contribution in [0.4, 0.5) is 0 Å². The number of thiazole rings is 1. The van der Waals surface area contributed by atoms with Gasteiger partial charge >= 0.3 is 0 Å². The average molecular weight is 399 g/mol. The zero-order chi connectivity index (χ0) is 18.4. The fourth-order valence-electron chi connectivity index (χ4n) is 3.50. The van der Waals surface area contributed by atoms with Gasteiger partial charge in [0.15, 0.2) is 0 Å². The van der Waals surface area contributed by atoms with Gasteiger partial charge in [-0.3, -0.25) is 0 Å². The molecule has 0 aromatic carbocycles. The maximum atomic E-state index is 10.0. The lowest BCUT2D eigenvalue weighted by atomic mass is 10.1. The minimum absolute atomic E-state index is 0.190. The predicted molar refractivity (Wildman–Crippen MR) is 106 cm³/mol. The van der Waals surface area contributed by atoms with Crippen LogP contribution in [0.25, 0.3) is 31.4 Å². The molecule has 1 saturated heterocycles. The third-order valence-corrected chi connectivity index (χ3v) is 6.89. The topological polar surface area (TPSA) is 80.4 Å². The van der Waals surface area contributed by atoms with E-state index in [9.17, 15) is 10.2 Å². The molecule has 6 nitrogen and oxygen atoms in total. The Morgan fingerprint density at radius 2 is 2.04 bits per heavy atom. The lowest BCUT2D eigenvalue weighted by molar-refractivity contribution is -0.0430. The number of hydrogen-bond acceptors (Lipinski definition) is 7. The van der Waals surface area contributed by atoms with E-state index in [0.717, 1.165) is 31.4 Å². The predicted octanol–water partition coefficient (Wildman–Crippen LogP) is 3.53. The van der Waals surface area contributed by atoms with Crippen molar-refractivity contribution in [2.24, 2.45) is 0 Å². The molecule has 1 aliphatic rings. The monoisotopic (exact) mass is 399 g/mol. The van der Waals surface area contributed by atoms with E-state index in [1.54, 1.807) is 28.9 Å². The molecule has 27 heavy (non-hydrogen) atoms. The van der Waals surface area contributed by atoms with E-state index in [-0.39, 0.29) is 12.8 Å². The van der Waals surface area contributed by atoms with Gasteiger partial charge in [0, 0.05) is 46.2 Å². The zero-order valence-electron chi connectivity index (χ0n) is 14.2. The molecule has 5 rings (SSSR count). The Balaban J connectivity index is 1.53. The summed E-state index contributed by atoms with van der Waals surface area (Å²) >= 11 is 3.34. The normalized spacial score (nSPS) is 22.7. The summed E-state index contributed by atoms with van der Waals surface area (Å²) in [6.07, 6.45) is 4.45. The van der Waals surface area contributed by atoms with Crippen LogP contribution in [0.1, 0.15) is 12.6 Å². The molecule has 0 aliphatic carbocycles. The second-order valence-electron chi connectivity index (χ2n) is 6.43. The summed E-state index contributed by atoms with van der Waals surface area (Å²) in [7, 11) is 0. The number of pyridine rings is 1. The van der Waals surface area contributed by atoms with Gasteiger partial charge in [-0.1, -0.05) is 0 Å². The van der Waals surface area contributed by atoms with Gasteiger partial charge in [0.25, 0.3) is 0 Å². The molecule has 0 spiro atoms. The van der Waals surface area contributed by atoms with E-state index in [1.165, 1.54) is 0 Å². The fourth-order valence-corrected chi connectivity index (χ4v) is 5.26. The summed E-state index contributed by atoms with van der Waals surface area (Å²) in [5, 5.41) is 23.4. The van der Waals surface area contributed by atoms with Gasteiger partial charge in [0.1, 0.15) is 23.0 Å². The lowest BCUT2D eigenvalue weighted by Crippen LogP contribution is -2.24. The van der Waals surface area contributed by atoms with Gasteiger partial charge in [-0.05, 0) is 24.3 Å². The lowest BCUT2D eigenvalue weighted by Gasteiger charge is -2.14. The van der Waals surface area contributed by atoms with Crippen molar-refractivity contribution in [3.63, 3.8) is 0 Å². The Bertz CT molecular complexity index is 1070. The summed E-state index contributed by atoms with van der Waals surface area (Å²) in [5.41, 5.74) is 1.93. The van der Waals surface area contributed by atoms with Crippen LogP contribution in [0, 0.1) is 0 Å². The molecule has 138 valence electrons. The maximum Gasteiger partial charge on any atom is 0.142 e. The molecule has 8 heteroatoms. The number of fused-ring (bicyclic) bond motifs is 1. The van der Waals surface area contributed by atoms with E-state index in [1.807, 2.05) is 34.5 Å². The van der Waals surface area contributed by atoms with Gasteiger partial charge in [-0.25, -0.2) is 9.97 Å². The first-order chi connectivity index (χ1) is 13.2. The number of hydrogen-bond donors (Lipinski definition) is 2. The van der Waals surface area contributed by atoms with Crippen LogP contribution >= 0.6 is 22.7 Å². The first kappa shape index (κ1) is 17.0. The highest BCUT2D eigenvalue weighted by atomic mass is 32.1. The molecule has 1 fully saturated rings. The number of aliphatic hydroxyl groups excluding tert-OH is 2. The number of aromatic nitrogens is 3. The van der Waals surface area contributed by atoms with E-state index in [4.69, 9.17) is 4.74 Å². The second kappa shape index (κ2) is 6.81. The van der Waals surface area contributed by atoms with Crippen molar-refractivity contribution in [3.05, 3.63) is 48.2 Å². The molecule has 4 aromatic rings.